The minimum Gasteiger partial charge on any atom is -0.350 e. The molecule has 1 N–H and O–H groups in total. The Morgan fingerprint density at radius 3 is 2.87 bits per heavy atom. The summed E-state index contributed by atoms with van der Waals surface area (Å²) >= 11 is 1.56. The highest BCUT2D eigenvalue weighted by atomic mass is 32.1. The highest BCUT2D eigenvalue weighted by Crippen LogP contribution is 2.24. The van der Waals surface area contributed by atoms with E-state index in [-0.39, 0.29) is 11.3 Å². The van der Waals surface area contributed by atoms with Crippen LogP contribution in [-0.2, 0) is 11.8 Å². The molecule has 3 aromatic heterocycles. The number of fused-ring (bicyclic) bond motifs is 1. The van der Waals surface area contributed by atoms with Crippen LogP contribution >= 0.6 is 11.3 Å². The highest BCUT2D eigenvalue weighted by molar-refractivity contribution is 7.07. The number of amides is 1. The van der Waals surface area contributed by atoms with Crippen LogP contribution in [0.2, 0.25) is 0 Å². The molecule has 0 saturated heterocycles. The number of pyridine rings is 1. The second-order valence-electron chi connectivity index (χ2n) is 6.48. The van der Waals surface area contributed by atoms with Gasteiger partial charge in [0.2, 0.25) is 0 Å². The Morgan fingerprint density at radius 2 is 2.17 bits per heavy atom. The first-order valence-electron chi connectivity index (χ1n) is 7.59. The lowest BCUT2D eigenvalue weighted by Gasteiger charge is -2.16. The largest absolute Gasteiger partial charge is 0.350 e. The second kappa shape index (κ2) is 6.12. The molecule has 0 aliphatic rings. The molecule has 1 amide bonds. The van der Waals surface area contributed by atoms with Crippen molar-refractivity contribution in [1.29, 1.82) is 0 Å². The molecular weight excluding hydrogens is 308 g/mol. The van der Waals surface area contributed by atoms with Crippen LogP contribution in [0.15, 0.2) is 35.3 Å². The molecule has 23 heavy (non-hydrogen) atoms. The number of aromatic nitrogens is 3. The maximum atomic E-state index is 12.5. The Balaban J connectivity index is 1.83. The van der Waals surface area contributed by atoms with E-state index in [9.17, 15) is 4.79 Å². The van der Waals surface area contributed by atoms with Gasteiger partial charge in [-0.05, 0) is 12.1 Å². The molecule has 0 bridgehead atoms. The molecule has 0 aliphatic carbocycles. The van der Waals surface area contributed by atoms with Crippen LogP contribution in [0.5, 0.6) is 0 Å². The molecule has 0 unspecified atom stereocenters. The van der Waals surface area contributed by atoms with E-state index < -0.39 is 0 Å². The van der Waals surface area contributed by atoms with Gasteiger partial charge in [0.15, 0.2) is 5.69 Å². The summed E-state index contributed by atoms with van der Waals surface area (Å²) in [6.45, 7) is 6.84. The number of carbonyl (C=O) groups is 1. The maximum absolute atomic E-state index is 12.5. The molecule has 5 nitrogen and oxygen atoms in total. The maximum Gasteiger partial charge on any atom is 0.272 e. The van der Waals surface area contributed by atoms with Crippen molar-refractivity contribution in [2.75, 3.05) is 6.54 Å². The van der Waals surface area contributed by atoms with Crippen molar-refractivity contribution in [2.24, 2.45) is 0 Å². The molecule has 6 heteroatoms. The highest BCUT2D eigenvalue weighted by Gasteiger charge is 2.24. The van der Waals surface area contributed by atoms with Crippen molar-refractivity contribution in [2.45, 2.75) is 32.6 Å². The Hall–Kier alpha value is -2.21. The van der Waals surface area contributed by atoms with Crippen LogP contribution in [0.1, 0.15) is 42.8 Å². The van der Waals surface area contributed by atoms with Gasteiger partial charge in [-0.2, -0.15) is 0 Å². The summed E-state index contributed by atoms with van der Waals surface area (Å²) in [5, 5.41) is 4.94. The van der Waals surface area contributed by atoms with Crippen LogP contribution in [0.3, 0.4) is 0 Å². The van der Waals surface area contributed by atoms with Gasteiger partial charge in [-0.15, -0.1) is 11.3 Å². The van der Waals surface area contributed by atoms with Crippen molar-refractivity contribution in [1.82, 2.24) is 19.7 Å². The molecular formula is C17H20N4OS. The second-order valence-corrected chi connectivity index (χ2v) is 7.19. The predicted molar refractivity (Wildman–Crippen MR) is 92.0 cm³/mol. The van der Waals surface area contributed by atoms with Crippen LogP contribution in [-0.4, -0.2) is 26.8 Å². The summed E-state index contributed by atoms with van der Waals surface area (Å²) in [7, 11) is 0. The number of imidazole rings is 1. The minimum atomic E-state index is -0.139. The van der Waals surface area contributed by atoms with Gasteiger partial charge in [0.25, 0.3) is 5.91 Å². The Kier molecular flexibility index (Phi) is 4.17. The first kappa shape index (κ1) is 15.7. The van der Waals surface area contributed by atoms with E-state index in [1.807, 2.05) is 34.2 Å². The van der Waals surface area contributed by atoms with E-state index in [1.165, 1.54) is 0 Å². The van der Waals surface area contributed by atoms with E-state index in [2.05, 4.69) is 36.1 Å². The van der Waals surface area contributed by atoms with E-state index in [4.69, 9.17) is 0 Å². The van der Waals surface area contributed by atoms with Crippen molar-refractivity contribution in [3.8, 4) is 0 Å². The fourth-order valence-corrected chi connectivity index (χ4v) is 3.08. The first-order valence-corrected chi connectivity index (χ1v) is 8.54. The van der Waals surface area contributed by atoms with Crippen molar-refractivity contribution < 1.29 is 4.79 Å². The molecule has 0 saturated carbocycles. The zero-order valence-electron chi connectivity index (χ0n) is 13.5. The zero-order chi connectivity index (χ0) is 16.4. The molecule has 0 spiro atoms. The summed E-state index contributed by atoms with van der Waals surface area (Å²) in [5.41, 5.74) is 3.98. The molecule has 120 valence electrons. The summed E-state index contributed by atoms with van der Waals surface area (Å²) in [5.74, 6) is 0.747. The van der Waals surface area contributed by atoms with Gasteiger partial charge in [0.1, 0.15) is 5.82 Å². The van der Waals surface area contributed by atoms with Crippen LogP contribution in [0.25, 0.3) is 5.52 Å². The SMILES string of the molecule is CC(C)(C)c1nc(C(=O)NCCc2cscn2)c2ccccn12. The van der Waals surface area contributed by atoms with Crippen LogP contribution in [0.4, 0.5) is 0 Å². The number of rotatable bonds is 4. The van der Waals surface area contributed by atoms with Crippen LogP contribution < -0.4 is 5.32 Å². The van der Waals surface area contributed by atoms with Crippen molar-refractivity contribution in [3.63, 3.8) is 0 Å². The number of hydrogen-bond acceptors (Lipinski definition) is 4. The number of thiazole rings is 1. The predicted octanol–water partition coefficient (Wildman–Crippen LogP) is 3.06. The Labute approximate surface area is 139 Å². The lowest BCUT2D eigenvalue weighted by Crippen LogP contribution is -2.26. The first-order chi connectivity index (χ1) is 11.0. The number of hydrogen-bond donors (Lipinski definition) is 1. The topological polar surface area (TPSA) is 59.3 Å². The van der Waals surface area contributed by atoms with Gasteiger partial charge >= 0.3 is 0 Å². The zero-order valence-corrected chi connectivity index (χ0v) is 14.4. The molecule has 3 rings (SSSR count). The third-order valence-electron chi connectivity index (χ3n) is 3.58. The van der Waals surface area contributed by atoms with Gasteiger partial charge < -0.3 is 9.72 Å². The standard InChI is InChI=1S/C17H20N4OS/c1-17(2,3)16-20-14(13-6-4-5-9-21(13)16)15(22)18-8-7-12-10-23-11-19-12/h4-6,9-11H,7-8H2,1-3H3,(H,18,22). The number of nitrogens with one attached hydrogen (secondary N) is 1. The van der Waals surface area contributed by atoms with Gasteiger partial charge in [0.05, 0.1) is 16.7 Å². The smallest absolute Gasteiger partial charge is 0.272 e. The summed E-state index contributed by atoms with van der Waals surface area (Å²) in [6.07, 6.45) is 2.68. The average molecular weight is 328 g/mol. The Morgan fingerprint density at radius 1 is 1.35 bits per heavy atom. The monoisotopic (exact) mass is 328 g/mol. The average Bonchev–Trinajstić information content (AvgIpc) is 3.13. The summed E-state index contributed by atoms with van der Waals surface area (Å²) in [6, 6.07) is 5.81. The third-order valence-corrected chi connectivity index (χ3v) is 4.22. The van der Waals surface area contributed by atoms with Crippen LogP contribution in [0, 0.1) is 0 Å². The molecule has 0 atom stereocenters. The lowest BCUT2D eigenvalue weighted by atomic mass is 9.96. The van der Waals surface area contributed by atoms with Gasteiger partial charge in [0, 0.05) is 30.0 Å². The van der Waals surface area contributed by atoms with Crippen molar-refractivity contribution in [3.05, 3.63) is 52.5 Å². The van der Waals surface area contributed by atoms with Gasteiger partial charge in [-0.1, -0.05) is 26.8 Å². The number of carbonyl (C=O) groups excluding carboxylic acids is 1. The molecule has 3 aromatic rings. The van der Waals surface area contributed by atoms with Gasteiger partial charge in [-0.3, -0.25) is 4.79 Å². The van der Waals surface area contributed by atoms with E-state index in [0.29, 0.717) is 12.2 Å². The molecule has 0 radical (unpaired) electrons. The van der Waals surface area contributed by atoms with E-state index in [1.54, 1.807) is 16.8 Å². The molecule has 0 aliphatic heterocycles. The quantitative estimate of drug-likeness (QED) is 0.801. The fourth-order valence-electron chi connectivity index (χ4n) is 2.48. The van der Waals surface area contributed by atoms with Gasteiger partial charge in [-0.25, -0.2) is 9.97 Å². The minimum absolute atomic E-state index is 0.136. The Bertz CT molecular complexity index is 815. The van der Waals surface area contributed by atoms with E-state index in [0.717, 1.165) is 23.5 Å². The van der Waals surface area contributed by atoms with Crippen molar-refractivity contribution >= 4 is 22.8 Å². The molecule has 3 heterocycles. The fraction of sp³-hybridized carbons (Fsp3) is 0.353. The third kappa shape index (κ3) is 3.27. The molecule has 0 fully saturated rings. The van der Waals surface area contributed by atoms with E-state index >= 15 is 0 Å². The summed E-state index contributed by atoms with van der Waals surface area (Å²) in [4.78, 5) is 21.4. The molecule has 0 aromatic carbocycles. The lowest BCUT2D eigenvalue weighted by molar-refractivity contribution is 0.0951. The normalized spacial score (nSPS) is 11.8. The number of nitrogens with zero attached hydrogens (tertiary/aromatic N) is 3. The summed E-state index contributed by atoms with van der Waals surface area (Å²) < 4.78 is 2.00.